The van der Waals surface area contributed by atoms with Crippen LogP contribution in [0.2, 0.25) is 0 Å². The molecule has 8 nitrogen and oxygen atoms in total. The van der Waals surface area contributed by atoms with E-state index in [2.05, 4.69) is 20.8 Å². The van der Waals surface area contributed by atoms with Crippen LogP contribution in [0.4, 0.5) is 4.79 Å². The zero-order valence-corrected chi connectivity index (χ0v) is 17.6. The highest BCUT2D eigenvalue weighted by atomic mass is 32.2. The van der Waals surface area contributed by atoms with Crippen LogP contribution in [-0.4, -0.2) is 39.3 Å². The van der Waals surface area contributed by atoms with E-state index in [4.69, 9.17) is 5.73 Å². The quantitative estimate of drug-likeness (QED) is 0.630. The van der Waals surface area contributed by atoms with Gasteiger partial charge in [-0.15, -0.1) is 5.10 Å². The van der Waals surface area contributed by atoms with Gasteiger partial charge in [0.2, 0.25) is 5.91 Å². The molecule has 4 N–H and O–H groups in total. The molecule has 0 spiro atoms. The Morgan fingerprint density at radius 1 is 1.07 bits per heavy atom. The number of amides is 4. The average Bonchev–Trinajstić information content (AvgIpc) is 2.60. The number of aryl methyl sites for hydroxylation is 1. The highest BCUT2D eigenvalue weighted by Crippen LogP contribution is 2.55. The van der Waals surface area contributed by atoms with Gasteiger partial charge < -0.3 is 11.1 Å². The van der Waals surface area contributed by atoms with Gasteiger partial charge in [-0.2, -0.15) is 5.10 Å². The molecule has 1 aromatic rings. The van der Waals surface area contributed by atoms with Crippen LogP contribution in [0, 0.1) is 31.6 Å². The summed E-state index contributed by atoms with van der Waals surface area (Å²) in [6.45, 7) is 3.48. The summed E-state index contributed by atoms with van der Waals surface area (Å²) in [5.74, 6) is 1.04. The molecule has 29 heavy (non-hydrogen) atoms. The van der Waals surface area contributed by atoms with Gasteiger partial charge in [-0.3, -0.25) is 14.9 Å². The summed E-state index contributed by atoms with van der Waals surface area (Å²) in [5.41, 5.74) is 6.84. The van der Waals surface area contributed by atoms with Crippen molar-refractivity contribution in [1.29, 1.82) is 0 Å². The van der Waals surface area contributed by atoms with Crippen molar-refractivity contribution in [2.75, 3.05) is 5.75 Å². The van der Waals surface area contributed by atoms with Crippen LogP contribution in [0.3, 0.4) is 0 Å². The highest BCUT2D eigenvalue weighted by molar-refractivity contribution is 8.00. The van der Waals surface area contributed by atoms with E-state index in [0.29, 0.717) is 34.0 Å². The predicted molar refractivity (Wildman–Crippen MR) is 108 cm³/mol. The van der Waals surface area contributed by atoms with E-state index >= 15 is 0 Å². The Bertz CT molecular complexity index is 837. The van der Waals surface area contributed by atoms with Gasteiger partial charge in [0, 0.05) is 5.54 Å². The lowest BCUT2D eigenvalue weighted by Gasteiger charge is -2.56. The van der Waals surface area contributed by atoms with Crippen molar-refractivity contribution in [3.8, 4) is 0 Å². The van der Waals surface area contributed by atoms with E-state index in [1.807, 2.05) is 0 Å². The molecular formula is C20H27N5O3S. The number of nitrogens with one attached hydrogen (secondary N) is 2. The molecule has 4 amide bonds. The van der Waals surface area contributed by atoms with Crippen LogP contribution in [0.25, 0.3) is 0 Å². The maximum Gasteiger partial charge on any atom is 0.321 e. The third-order valence-corrected chi connectivity index (χ3v) is 7.64. The molecule has 4 fully saturated rings. The van der Waals surface area contributed by atoms with Gasteiger partial charge in [-0.25, -0.2) is 4.79 Å². The van der Waals surface area contributed by atoms with Crippen molar-refractivity contribution in [3.63, 3.8) is 0 Å². The Hall–Kier alpha value is -2.16. The topological polar surface area (TPSA) is 127 Å². The maximum atomic E-state index is 12.5. The molecule has 4 bridgehead atoms. The molecule has 9 heteroatoms. The minimum atomic E-state index is -0.608. The Balaban J connectivity index is 1.33. The van der Waals surface area contributed by atoms with E-state index < -0.39 is 17.8 Å². The standard InChI is InChI=1S/C20H27N5O3S/c1-10-11(2)24-25-18(16(10)17(21)27)29-9-15(26)22-19(28)23-20-6-12-3-13(7-20)5-14(4-12)8-20/h12-14H,3-9H2,1-2H3,(H2,21,27)(H2,22,23,26,28). The SMILES string of the molecule is Cc1nnc(SCC(=O)NC(=O)NC23CC4CC(CC(C4)C2)C3)c(C(N)=O)c1C. The van der Waals surface area contributed by atoms with Crippen LogP contribution in [0.5, 0.6) is 0 Å². The number of rotatable bonds is 5. The van der Waals surface area contributed by atoms with Gasteiger partial charge in [0.25, 0.3) is 5.91 Å². The van der Waals surface area contributed by atoms with Crippen LogP contribution in [0.1, 0.15) is 60.1 Å². The van der Waals surface area contributed by atoms with Gasteiger partial charge in [0.15, 0.2) is 0 Å². The van der Waals surface area contributed by atoms with Gasteiger partial charge in [0.1, 0.15) is 5.03 Å². The second-order valence-corrected chi connectivity index (χ2v) is 9.91. The van der Waals surface area contributed by atoms with E-state index in [1.54, 1.807) is 13.8 Å². The van der Waals surface area contributed by atoms with Crippen molar-refractivity contribution in [2.45, 2.75) is 62.9 Å². The number of thioether (sulfide) groups is 1. The normalized spacial score (nSPS) is 29.5. The largest absolute Gasteiger partial charge is 0.366 e. The van der Waals surface area contributed by atoms with Crippen LogP contribution < -0.4 is 16.4 Å². The molecule has 1 aromatic heterocycles. The molecule has 4 saturated carbocycles. The van der Waals surface area contributed by atoms with Crippen molar-refractivity contribution in [3.05, 3.63) is 16.8 Å². The minimum Gasteiger partial charge on any atom is -0.366 e. The minimum absolute atomic E-state index is 0.0498. The monoisotopic (exact) mass is 417 g/mol. The molecule has 5 rings (SSSR count). The van der Waals surface area contributed by atoms with E-state index in [-0.39, 0.29) is 16.9 Å². The average molecular weight is 418 g/mol. The summed E-state index contributed by atoms with van der Waals surface area (Å²) in [6.07, 6.45) is 6.94. The van der Waals surface area contributed by atoms with Gasteiger partial charge in [0.05, 0.1) is 17.0 Å². The number of imide groups is 1. The molecule has 4 aliphatic carbocycles. The van der Waals surface area contributed by atoms with E-state index in [1.165, 1.54) is 19.3 Å². The lowest BCUT2D eigenvalue weighted by molar-refractivity contribution is -0.117. The van der Waals surface area contributed by atoms with E-state index in [9.17, 15) is 14.4 Å². The summed E-state index contributed by atoms with van der Waals surface area (Å²) >= 11 is 1.05. The van der Waals surface area contributed by atoms with Crippen LogP contribution in [0.15, 0.2) is 5.03 Å². The number of primary amides is 1. The Morgan fingerprint density at radius 2 is 1.66 bits per heavy atom. The molecule has 0 unspecified atom stereocenters. The zero-order chi connectivity index (χ0) is 20.8. The fraction of sp³-hybridized carbons (Fsp3) is 0.650. The smallest absolute Gasteiger partial charge is 0.321 e. The summed E-state index contributed by atoms with van der Waals surface area (Å²) in [7, 11) is 0. The second kappa shape index (κ2) is 7.59. The molecule has 156 valence electrons. The molecule has 0 radical (unpaired) electrons. The van der Waals surface area contributed by atoms with Crippen LogP contribution in [-0.2, 0) is 4.79 Å². The Labute approximate surface area is 174 Å². The lowest BCUT2D eigenvalue weighted by atomic mass is 9.53. The molecule has 1 heterocycles. The number of aromatic nitrogens is 2. The molecule has 4 aliphatic rings. The fourth-order valence-corrected chi connectivity index (χ4v) is 6.65. The summed E-state index contributed by atoms with van der Waals surface area (Å²) in [5, 5.41) is 13.8. The van der Waals surface area contributed by atoms with Crippen molar-refractivity contribution in [1.82, 2.24) is 20.8 Å². The number of carbonyl (C=O) groups excluding carboxylic acids is 3. The summed E-state index contributed by atoms with van der Waals surface area (Å²) in [6, 6.07) is -0.432. The number of carbonyl (C=O) groups is 3. The summed E-state index contributed by atoms with van der Waals surface area (Å²) in [4.78, 5) is 36.5. The second-order valence-electron chi connectivity index (χ2n) is 8.94. The van der Waals surface area contributed by atoms with Crippen molar-refractivity contribution >= 4 is 29.6 Å². The Morgan fingerprint density at radius 3 is 2.21 bits per heavy atom. The first-order chi connectivity index (χ1) is 13.7. The number of hydrogen-bond donors (Lipinski definition) is 3. The third kappa shape index (κ3) is 4.10. The number of nitrogens with zero attached hydrogens (tertiary/aromatic N) is 2. The zero-order valence-electron chi connectivity index (χ0n) is 16.8. The van der Waals surface area contributed by atoms with Gasteiger partial charge >= 0.3 is 6.03 Å². The first kappa shape index (κ1) is 20.1. The first-order valence-electron chi connectivity index (χ1n) is 10.1. The third-order valence-electron chi connectivity index (χ3n) is 6.68. The predicted octanol–water partition coefficient (Wildman–Crippen LogP) is 2.08. The highest BCUT2D eigenvalue weighted by Gasteiger charge is 2.51. The molecule has 0 aromatic carbocycles. The van der Waals surface area contributed by atoms with Gasteiger partial charge in [-0.05, 0) is 75.7 Å². The fourth-order valence-electron chi connectivity index (χ4n) is 5.81. The number of urea groups is 1. The lowest BCUT2D eigenvalue weighted by Crippen LogP contribution is -2.61. The molecule has 0 atom stereocenters. The Kier molecular flexibility index (Phi) is 5.27. The summed E-state index contributed by atoms with van der Waals surface area (Å²) < 4.78 is 0. The van der Waals surface area contributed by atoms with Gasteiger partial charge in [-0.1, -0.05) is 11.8 Å². The molecular weight excluding hydrogens is 390 g/mol. The molecule has 0 saturated heterocycles. The van der Waals surface area contributed by atoms with Crippen LogP contribution >= 0.6 is 11.8 Å². The maximum absolute atomic E-state index is 12.5. The first-order valence-corrected chi connectivity index (χ1v) is 11.1. The number of nitrogens with two attached hydrogens (primary N) is 1. The number of hydrogen-bond acceptors (Lipinski definition) is 6. The molecule has 0 aliphatic heterocycles. The van der Waals surface area contributed by atoms with Crippen molar-refractivity contribution in [2.24, 2.45) is 23.5 Å². The van der Waals surface area contributed by atoms with E-state index in [0.717, 1.165) is 31.0 Å². The van der Waals surface area contributed by atoms with Crippen molar-refractivity contribution < 1.29 is 14.4 Å².